The molecule has 608 valence electrons. The van der Waals surface area contributed by atoms with E-state index in [0.717, 1.165) is 16.9 Å². The summed E-state index contributed by atoms with van der Waals surface area (Å²) < 4.78 is 20.5. The van der Waals surface area contributed by atoms with E-state index in [0.29, 0.717) is 0 Å². The predicted octanol–water partition coefficient (Wildman–Crippen LogP) is 33.0. The van der Waals surface area contributed by atoms with Crippen LogP contribution in [0.5, 0.6) is 0 Å². The fourth-order valence-corrected chi connectivity index (χ4v) is 22.7. The van der Waals surface area contributed by atoms with Crippen molar-refractivity contribution in [3.63, 3.8) is 0 Å². The number of fused-ring (bicyclic) bond motifs is 24. The zero-order chi connectivity index (χ0) is 85.6. The largest absolute Gasteiger partial charge is 0.456 e. The van der Waals surface area contributed by atoms with Gasteiger partial charge >= 0.3 is 0 Å². The Labute approximate surface area is 745 Å². The zero-order valence-electron chi connectivity index (χ0n) is 71.9. The van der Waals surface area contributed by atoms with Gasteiger partial charge in [-0.05, 0) is 169 Å². The summed E-state index contributed by atoms with van der Waals surface area (Å²) >= 11 is 1.88. The molecule has 0 saturated heterocycles. The lowest BCUT2D eigenvalue weighted by atomic mass is 9.82. The molecule has 0 radical (unpaired) electrons. The lowest BCUT2D eigenvalue weighted by Gasteiger charge is -2.21. The lowest BCUT2D eigenvalue weighted by molar-refractivity contribution is 0.660. The normalized spacial score (nSPS) is 12.4. The van der Waals surface area contributed by atoms with Crippen molar-refractivity contribution in [2.75, 3.05) is 0 Å². The molecule has 7 aromatic heterocycles. The third-order valence-corrected chi connectivity index (χ3v) is 28.6. The summed E-state index contributed by atoms with van der Waals surface area (Å²) in [6.45, 7) is 4.69. The van der Waals surface area contributed by atoms with Crippen LogP contribution in [0.4, 0.5) is 0 Å². The maximum Gasteiger partial charge on any atom is 0.136 e. The monoisotopic (exact) mass is 1660 g/mol. The van der Waals surface area contributed by atoms with Gasteiger partial charge in [-0.25, -0.2) is 0 Å². The van der Waals surface area contributed by atoms with Crippen LogP contribution >= 0.6 is 11.3 Å². The smallest absolute Gasteiger partial charge is 0.136 e. The van der Waals surface area contributed by atoms with E-state index in [-0.39, 0.29) is 5.41 Å². The molecule has 1 aliphatic rings. The Morgan fingerprint density at radius 2 is 0.578 bits per heavy atom. The first-order chi connectivity index (χ1) is 63.0. The molecular formula is C121H87N5OS. The summed E-state index contributed by atoms with van der Waals surface area (Å²) in [4.78, 5) is 0. The minimum atomic E-state index is 0.0224. The molecule has 7 heteroatoms. The molecule has 0 N–H and O–H groups in total. The fourth-order valence-electron chi connectivity index (χ4n) is 21.6. The van der Waals surface area contributed by atoms with E-state index in [9.17, 15) is 0 Å². The molecule has 19 aromatic carbocycles. The van der Waals surface area contributed by atoms with Crippen LogP contribution in [0.25, 0.3) is 235 Å². The van der Waals surface area contributed by atoms with Gasteiger partial charge in [0.05, 0.1) is 16.6 Å². The Bertz CT molecular complexity index is 8770. The Kier molecular flexibility index (Phi) is 18.0. The number of hydrogen-bond donors (Lipinski definition) is 0. The van der Waals surface area contributed by atoms with Gasteiger partial charge in [-0.1, -0.05) is 341 Å². The summed E-state index contributed by atoms with van der Waals surface area (Å²) in [5.74, 6) is 0. The van der Waals surface area contributed by atoms with Crippen LogP contribution in [-0.4, -0.2) is 22.8 Å². The van der Waals surface area contributed by atoms with Gasteiger partial charge in [0, 0.05) is 174 Å². The molecule has 0 atom stereocenters. The van der Waals surface area contributed by atoms with Crippen molar-refractivity contribution < 1.29 is 4.42 Å². The number of furan rings is 1. The molecule has 7 heterocycles. The van der Waals surface area contributed by atoms with Crippen LogP contribution in [0, 0.1) is 0 Å². The van der Waals surface area contributed by atoms with Gasteiger partial charge in [0.25, 0.3) is 0 Å². The third kappa shape index (κ3) is 11.9. The number of benzene rings is 19. The second-order valence-electron chi connectivity index (χ2n) is 34.6. The van der Waals surface area contributed by atoms with Crippen molar-refractivity contribution in [2.45, 2.75) is 19.3 Å². The standard InChI is InChI=1S/C43H30N2.C28H23N.C25H17NO.C25H17NS/c1-44-40-25-7-5-19-34(40)36-21-11-23-38(42(36)44)39-24-12-22-37-35-20-6-8-26-41(35)45(43(37)39)33-18-10-17-32(28-33)31-16-9-15-30(27-31)29-13-3-2-4-14-29;1-28(2)22-14-6-4-10-20(22)26-18(12-8-15-23(26)28)19-13-9-17-25-27(19)21-11-5-7-16-24(21)29(25)3;2*1-26-20-12-4-2-8-18(20)24-16(10-6-13-21(24)26)17-11-7-15-23-25(17)19-9-3-5-14-22(19)27-23/h2-28H,1H3;4-17H,1-3H3;2*2-15H,1H3. The molecule has 0 unspecified atom stereocenters. The Hall–Kier alpha value is -15.8. The van der Waals surface area contributed by atoms with Crippen LogP contribution in [0.15, 0.2) is 423 Å². The first kappa shape index (κ1) is 75.9. The molecule has 0 amide bonds. The van der Waals surface area contributed by atoms with Crippen molar-refractivity contribution in [3.8, 4) is 83.6 Å². The third-order valence-electron chi connectivity index (χ3n) is 27.4. The van der Waals surface area contributed by atoms with Crippen LogP contribution < -0.4 is 0 Å². The quantitative estimate of drug-likeness (QED) is 0.157. The summed E-state index contributed by atoms with van der Waals surface area (Å²) in [5.41, 5.74) is 36.3. The molecule has 128 heavy (non-hydrogen) atoms. The fraction of sp³-hybridized carbons (Fsp3) is 0.0579. The van der Waals surface area contributed by atoms with E-state index in [2.05, 4.69) is 471 Å². The van der Waals surface area contributed by atoms with Crippen LogP contribution in [0.1, 0.15) is 25.0 Å². The van der Waals surface area contributed by atoms with Crippen molar-refractivity contribution in [1.29, 1.82) is 0 Å². The highest BCUT2D eigenvalue weighted by atomic mass is 32.1. The minimum Gasteiger partial charge on any atom is -0.456 e. The number of para-hydroxylation sites is 8. The van der Waals surface area contributed by atoms with E-state index < -0.39 is 0 Å². The van der Waals surface area contributed by atoms with E-state index in [1.54, 1.807) is 0 Å². The average molecular weight is 1660 g/mol. The minimum absolute atomic E-state index is 0.0224. The number of aryl methyl sites for hydroxylation is 4. The van der Waals surface area contributed by atoms with Gasteiger partial charge in [0.1, 0.15) is 11.2 Å². The molecule has 0 saturated carbocycles. The summed E-state index contributed by atoms with van der Waals surface area (Å²) in [6, 6.07) is 151. The van der Waals surface area contributed by atoms with Crippen molar-refractivity contribution in [1.82, 2.24) is 22.8 Å². The molecule has 0 spiro atoms. The number of rotatable bonds is 7. The number of aromatic nitrogens is 5. The van der Waals surface area contributed by atoms with Gasteiger partial charge in [-0.2, -0.15) is 0 Å². The van der Waals surface area contributed by atoms with Crippen LogP contribution in [0.3, 0.4) is 0 Å². The van der Waals surface area contributed by atoms with Gasteiger partial charge in [0.15, 0.2) is 0 Å². The van der Waals surface area contributed by atoms with Crippen molar-refractivity contribution >= 4 is 162 Å². The Balaban J connectivity index is 0.0000000976. The second-order valence-corrected chi connectivity index (χ2v) is 35.7. The molecule has 0 bridgehead atoms. The van der Waals surface area contributed by atoms with E-state index in [1.165, 1.54) is 229 Å². The molecule has 6 nitrogen and oxygen atoms in total. The zero-order valence-corrected chi connectivity index (χ0v) is 72.7. The molecular weight excluding hydrogens is 1570 g/mol. The first-order valence-corrected chi connectivity index (χ1v) is 45.0. The first-order valence-electron chi connectivity index (χ1n) is 44.2. The topological polar surface area (TPSA) is 37.8 Å². The van der Waals surface area contributed by atoms with E-state index >= 15 is 0 Å². The maximum absolute atomic E-state index is 6.11. The van der Waals surface area contributed by atoms with Gasteiger partial charge in [-0.15, -0.1) is 11.3 Å². The van der Waals surface area contributed by atoms with Crippen LogP contribution in [-0.2, 0) is 33.6 Å². The molecule has 27 rings (SSSR count). The van der Waals surface area contributed by atoms with E-state index in [1.807, 2.05) is 23.5 Å². The number of thiophene rings is 1. The number of nitrogens with zero attached hydrogens (tertiary/aromatic N) is 5. The summed E-state index contributed by atoms with van der Waals surface area (Å²) in [5, 5.41) is 18.1. The summed E-state index contributed by atoms with van der Waals surface area (Å²) in [7, 11) is 8.66. The highest BCUT2D eigenvalue weighted by molar-refractivity contribution is 7.26. The molecule has 0 fully saturated rings. The van der Waals surface area contributed by atoms with E-state index in [4.69, 9.17) is 4.42 Å². The second kappa shape index (κ2) is 30.3. The highest BCUT2D eigenvalue weighted by Crippen LogP contribution is 2.54. The Morgan fingerprint density at radius 1 is 0.219 bits per heavy atom. The van der Waals surface area contributed by atoms with Crippen LogP contribution in [0.2, 0.25) is 0 Å². The predicted molar refractivity (Wildman–Crippen MR) is 546 cm³/mol. The number of hydrogen-bond acceptors (Lipinski definition) is 2. The Morgan fingerprint density at radius 3 is 1.20 bits per heavy atom. The molecule has 0 aliphatic heterocycles. The summed E-state index contributed by atoms with van der Waals surface area (Å²) in [6.07, 6.45) is 0. The van der Waals surface area contributed by atoms with Gasteiger partial charge in [-0.3, -0.25) is 0 Å². The lowest BCUT2D eigenvalue weighted by Crippen LogP contribution is -2.14. The average Bonchev–Trinajstić information content (AvgIpc) is 1.58. The van der Waals surface area contributed by atoms with Gasteiger partial charge < -0.3 is 27.3 Å². The van der Waals surface area contributed by atoms with Crippen molar-refractivity contribution in [3.05, 3.63) is 430 Å². The van der Waals surface area contributed by atoms with Crippen molar-refractivity contribution in [2.24, 2.45) is 28.2 Å². The highest BCUT2D eigenvalue weighted by Gasteiger charge is 2.37. The maximum atomic E-state index is 6.11. The molecule has 1 aliphatic carbocycles. The van der Waals surface area contributed by atoms with Gasteiger partial charge in [0.2, 0.25) is 0 Å². The molecule has 26 aromatic rings. The SMILES string of the molecule is Cn1c2ccccc2c2c(-c3cccc4c3-c3ccccc3C4(C)C)cccc21.Cn1c2ccccc2c2c(-c3cccc4oc5ccccc5c34)cccc21.Cn1c2ccccc2c2c(-c3cccc4sc5ccccc5c34)cccc21.Cn1c2ccccc2c2cccc(-c3cccc4c5ccccc5n(-c5cccc(-c6cccc(-c7ccccc7)c6)c5)c34)c21.